The first-order chi connectivity index (χ1) is 11.2. The van der Waals surface area contributed by atoms with Crippen LogP contribution >= 0.6 is 11.8 Å². The van der Waals surface area contributed by atoms with Crippen LogP contribution in [0.15, 0.2) is 47.5 Å². The SMILES string of the molecule is CCN=C1NC(=O)[C@@H](CC(=O)Nc2ccc3ccccc3c2)S1. The average Bonchev–Trinajstić information content (AvgIpc) is 2.87. The fourth-order valence-corrected chi connectivity index (χ4v) is 3.44. The summed E-state index contributed by atoms with van der Waals surface area (Å²) in [5, 5.41) is 7.92. The molecule has 0 aromatic heterocycles. The van der Waals surface area contributed by atoms with E-state index in [2.05, 4.69) is 15.6 Å². The number of nitrogens with one attached hydrogen (secondary N) is 2. The van der Waals surface area contributed by atoms with Crippen molar-refractivity contribution in [1.29, 1.82) is 0 Å². The predicted octanol–water partition coefficient (Wildman–Crippen LogP) is 2.78. The summed E-state index contributed by atoms with van der Waals surface area (Å²) in [6.45, 7) is 2.51. The highest BCUT2D eigenvalue weighted by molar-refractivity contribution is 8.15. The third-order valence-corrected chi connectivity index (χ3v) is 4.60. The Labute approximate surface area is 138 Å². The lowest BCUT2D eigenvalue weighted by molar-refractivity contribution is -0.122. The summed E-state index contributed by atoms with van der Waals surface area (Å²) in [4.78, 5) is 28.2. The zero-order valence-electron chi connectivity index (χ0n) is 12.7. The molecule has 1 aliphatic heterocycles. The van der Waals surface area contributed by atoms with E-state index in [1.54, 1.807) is 0 Å². The smallest absolute Gasteiger partial charge is 0.240 e. The van der Waals surface area contributed by atoms with Gasteiger partial charge < -0.3 is 10.6 Å². The molecule has 1 atom stereocenters. The molecular formula is C17H17N3O2S. The van der Waals surface area contributed by atoms with Gasteiger partial charge >= 0.3 is 0 Å². The lowest BCUT2D eigenvalue weighted by Gasteiger charge is -2.08. The molecule has 0 unspecified atom stereocenters. The summed E-state index contributed by atoms with van der Waals surface area (Å²) in [6.07, 6.45) is 0.131. The highest BCUT2D eigenvalue weighted by atomic mass is 32.2. The van der Waals surface area contributed by atoms with E-state index in [1.165, 1.54) is 11.8 Å². The van der Waals surface area contributed by atoms with Gasteiger partial charge in [0.05, 0.1) is 0 Å². The molecule has 2 aromatic rings. The van der Waals surface area contributed by atoms with Crippen LogP contribution in [-0.4, -0.2) is 28.8 Å². The first kappa shape index (κ1) is 15.6. The first-order valence-corrected chi connectivity index (χ1v) is 8.34. The molecule has 1 heterocycles. The predicted molar refractivity (Wildman–Crippen MR) is 94.7 cm³/mol. The molecule has 2 amide bonds. The van der Waals surface area contributed by atoms with Crippen molar-refractivity contribution >= 4 is 45.2 Å². The van der Waals surface area contributed by atoms with Crippen molar-refractivity contribution in [3.8, 4) is 0 Å². The summed E-state index contributed by atoms with van der Waals surface area (Å²) in [5.74, 6) is -0.332. The van der Waals surface area contributed by atoms with Crippen molar-refractivity contribution in [2.24, 2.45) is 4.99 Å². The van der Waals surface area contributed by atoms with Crippen LogP contribution in [0, 0.1) is 0 Å². The number of benzene rings is 2. The maximum absolute atomic E-state index is 12.2. The van der Waals surface area contributed by atoms with Crippen LogP contribution < -0.4 is 10.6 Å². The van der Waals surface area contributed by atoms with Gasteiger partial charge in [-0.1, -0.05) is 42.1 Å². The molecule has 23 heavy (non-hydrogen) atoms. The number of thioether (sulfide) groups is 1. The summed E-state index contributed by atoms with van der Waals surface area (Å²) in [6, 6.07) is 13.7. The summed E-state index contributed by atoms with van der Waals surface area (Å²) >= 11 is 1.31. The van der Waals surface area contributed by atoms with Gasteiger partial charge in [-0.25, -0.2) is 0 Å². The van der Waals surface area contributed by atoms with Crippen LogP contribution in [-0.2, 0) is 9.59 Å². The Morgan fingerprint density at radius 3 is 2.83 bits per heavy atom. The van der Waals surface area contributed by atoms with Gasteiger partial charge in [-0.2, -0.15) is 0 Å². The van der Waals surface area contributed by atoms with Crippen LogP contribution in [0.25, 0.3) is 10.8 Å². The lowest BCUT2D eigenvalue weighted by atomic mass is 10.1. The highest BCUT2D eigenvalue weighted by Crippen LogP contribution is 2.24. The Kier molecular flexibility index (Phi) is 4.62. The first-order valence-electron chi connectivity index (χ1n) is 7.46. The second kappa shape index (κ2) is 6.83. The van der Waals surface area contributed by atoms with Gasteiger partial charge in [-0.3, -0.25) is 14.6 Å². The summed E-state index contributed by atoms with van der Waals surface area (Å²) in [5.41, 5.74) is 0.736. The van der Waals surface area contributed by atoms with Crippen molar-refractivity contribution in [1.82, 2.24) is 5.32 Å². The van der Waals surface area contributed by atoms with E-state index in [4.69, 9.17) is 0 Å². The quantitative estimate of drug-likeness (QED) is 0.907. The number of carbonyl (C=O) groups is 2. The molecule has 3 rings (SSSR count). The third kappa shape index (κ3) is 3.71. The Bertz CT molecular complexity index is 788. The van der Waals surface area contributed by atoms with Crippen molar-refractivity contribution < 1.29 is 9.59 Å². The molecule has 118 valence electrons. The van der Waals surface area contributed by atoms with Gasteiger partial charge in [0.1, 0.15) is 5.25 Å². The van der Waals surface area contributed by atoms with Gasteiger partial charge in [-0.05, 0) is 29.8 Å². The van der Waals surface area contributed by atoms with Gasteiger partial charge in [0, 0.05) is 18.7 Å². The number of anilines is 1. The van der Waals surface area contributed by atoms with Crippen molar-refractivity contribution in [3.63, 3.8) is 0 Å². The number of hydrogen-bond acceptors (Lipinski definition) is 4. The Hall–Kier alpha value is -2.34. The van der Waals surface area contributed by atoms with Crippen LogP contribution in [0.1, 0.15) is 13.3 Å². The number of rotatable bonds is 4. The monoisotopic (exact) mass is 327 g/mol. The maximum Gasteiger partial charge on any atom is 0.240 e. The molecule has 0 radical (unpaired) electrons. The van der Waals surface area contributed by atoms with Gasteiger partial charge in [-0.15, -0.1) is 0 Å². The molecule has 0 aliphatic carbocycles. The number of nitrogens with zero attached hydrogens (tertiary/aromatic N) is 1. The van der Waals surface area contributed by atoms with E-state index in [-0.39, 0.29) is 18.2 Å². The molecule has 1 fully saturated rings. The van der Waals surface area contributed by atoms with Crippen molar-refractivity contribution in [2.45, 2.75) is 18.6 Å². The minimum Gasteiger partial charge on any atom is -0.326 e. The fourth-order valence-electron chi connectivity index (χ4n) is 2.41. The van der Waals surface area contributed by atoms with E-state index in [0.29, 0.717) is 11.7 Å². The largest absolute Gasteiger partial charge is 0.326 e. The average molecular weight is 327 g/mol. The second-order valence-corrected chi connectivity index (χ2v) is 6.38. The molecule has 1 aliphatic rings. The summed E-state index contributed by atoms with van der Waals surface area (Å²) in [7, 11) is 0. The van der Waals surface area contributed by atoms with E-state index in [1.807, 2.05) is 49.4 Å². The maximum atomic E-state index is 12.2. The number of hydrogen-bond donors (Lipinski definition) is 2. The minimum absolute atomic E-state index is 0.131. The summed E-state index contributed by atoms with van der Waals surface area (Å²) < 4.78 is 0. The van der Waals surface area contributed by atoms with E-state index in [0.717, 1.165) is 16.5 Å². The van der Waals surface area contributed by atoms with Crippen LogP contribution in [0.3, 0.4) is 0 Å². The number of carbonyl (C=O) groups excluding carboxylic acids is 2. The Balaban J connectivity index is 1.64. The molecule has 0 bridgehead atoms. The number of aliphatic imine (C=N–C) groups is 1. The van der Waals surface area contributed by atoms with Crippen molar-refractivity contribution in [2.75, 3.05) is 11.9 Å². The highest BCUT2D eigenvalue weighted by Gasteiger charge is 2.31. The molecule has 0 saturated carbocycles. The zero-order chi connectivity index (χ0) is 16.2. The third-order valence-electron chi connectivity index (χ3n) is 3.48. The van der Waals surface area contributed by atoms with Crippen LogP contribution in [0.4, 0.5) is 5.69 Å². The fraction of sp³-hybridized carbons (Fsp3) is 0.235. The molecule has 6 heteroatoms. The molecule has 0 spiro atoms. The molecular weight excluding hydrogens is 310 g/mol. The normalized spacial score (nSPS) is 19.1. The van der Waals surface area contributed by atoms with E-state index >= 15 is 0 Å². The van der Waals surface area contributed by atoms with E-state index in [9.17, 15) is 9.59 Å². The molecule has 2 N–H and O–H groups in total. The lowest BCUT2D eigenvalue weighted by Crippen LogP contribution is -2.28. The minimum atomic E-state index is -0.416. The van der Waals surface area contributed by atoms with Crippen LogP contribution in [0.5, 0.6) is 0 Å². The molecule has 1 saturated heterocycles. The number of fused-ring (bicyclic) bond motifs is 1. The number of amidine groups is 1. The van der Waals surface area contributed by atoms with Crippen molar-refractivity contribution in [3.05, 3.63) is 42.5 Å². The number of amides is 2. The second-order valence-electron chi connectivity index (χ2n) is 5.19. The molecule has 5 nitrogen and oxygen atoms in total. The van der Waals surface area contributed by atoms with Crippen LogP contribution in [0.2, 0.25) is 0 Å². The Morgan fingerprint density at radius 2 is 2.04 bits per heavy atom. The van der Waals surface area contributed by atoms with Gasteiger partial charge in [0.2, 0.25) is 11.8 Å². The van der Waals surface area contributed by atoms with Gasteiger partial charge in [0.25, 0.3) is 0 Å². The zero-order valence-corrected chi connectivity index (χ0v) is 13.5. The standard InChI is InChI=1S/C17H17N3O2S/c1-2-18-17-20-16(22)14(23-17)10-15(21)19-13-8-7-11-5-3-4-6-12(11)9-13/h3-9,14H,2,10H2,1H3,(H,19,21)(H,18,20,22)/t14-/m1/s1. The topological polar surface area (TPSA) is 70.6 Å². The molecule has 2 aromatic carbocycles. The van der Waals surface area contributed by atoms with Gasteiger partial charge in [0.15, 0.2) is 5.17 Å². The Morgan fingerprint density at radius 1 is 1.26 bits per heavy atom. The van der Waals surface area contributed by atoms with E-state index < -0.39 is 5.25 Å².